The summed E-state index contributed by atoms with van der Waals surface area (Å²) in [5.74, 6) is -0.378. The number of hydrogen-bond acceptors (Lipinski definition) is 12. The monoisotopic (exact) mass is 923 g/mol. The number of halogens is 2. The molecule has 65 heavy (non-hydrogen) atoms. The van der Waals surface area contributed by atoms with Crippen LogP contribution in [0.25, 0.3) is 11.2 Å². The minimum atomic E-state index is -1.00. The molecule has 1 aliphatic carbocycles. The summed E-state index contributed by atoms with van der Waals surface area (Å²) in [5, 5.41) is 9.47. The highest BCUT2D eigenvalue weighted by Gasteiger charge is 2.45. The molecule has 1 atom stereocenters. The third-order valence-electron chi connectivity index (χ3n) is 14.4. The third-order valence-corrected chi connectivity index (χ3v) is 15.0. The van der Waals surface area contributed by atoms with Crippen LogP contribution in [0, 0.1) is 17.8 Å². The van der Waals surface area contributed by atoms with Crippen LogP contribution in [-0.4, -0.2) is 134 Å². The molecule has 17 nitrogen and oxygen atoms in total. The van der Waals surface area contributed by atoms with E-state index in [0.29, 0.717) is 40.5 Å². The van der Waals surface area contributed by atoms with E-state index < -0.39 is 29.7 Å². The molecule has 3 N–H and O–H groups in total. The van der Waals surface area contributed by atoms with Crippen LogP contribution in [0.1, 0.15) is 94.9 Å². The average Bonchev–Trinajstić information content (AvgIpc) is 3.80. The maximum Gasteiger partial charge on any atom is 0.262 e. The van der Waals surface area contributed by atoms with Crippen LogP contribution in [-0.2, 0) is 14.4 Å². The van der Waals surface area contributed by atoms with Gasteiger partial charge in [-0.25, -0.2) is 15.0 Å². The highest BCUT2D eigenvalue weighted by atomic mass is 35.5. The number of carbonyl (C=O) groups is 6. The number of anilines is 2. The second-order valence-electron chi connectivity index (χ2n) is 18.4. The molecule has 5 aliphatic heterocycles. The number of amides is 6. The normalized spacial score (nSPS) is 23.4. The Morgan fingerprint density at radius 2 is 1.55 bits per heavy atom. The predicted octanol–water partition coefficient (Wildman–Crippen LogP) is 4.56. The van der Waals surface area contributed by atoms with E-state index in [0.717, 1.165) is 112 Å². The molecule has 19 heteroatoms. The zero-order valence-corrected chi connectivity index (χ0v) is 37.4. The van der Waals surface area contributed by atoms with Gasteiger partial charge in [-0.2, -0.15) is 0 Å². The van der Waals surface area contributed by atoms with Crippen LogP contribution in [0.5, 0.6) is 0 Å². The van der Waals surface area contributed by atoms with Gasteiger partial charge >= 0.3 is 0 Å². The van der Waals surface area contributed by atoms with Crippen molar-refractivity contribution in [3.63, 3.8) is 0 Å². The summed E-state index contributed by atoms with van der Waals surface area (Å²) in [6.45, 7) is 6.65. The van der Waals surface area contributed by atoms with Gasteiger partial charge in [-0.15, -0.1) is 0 Å². The molecule has 6 amide bonds. The van der Waals surface area contributed by atoms with E-state index in [1.165, 1.54) is 0 Å². The van der Waals surface area contributed by atoms with Gasteiger partial charge in [-0.1, -0.05) is 29.3 Å². The number of fused-ring (bicyclic) bond motifs is 2. The molecule has 2 aromatic heterocycles. The minimum Gasteiger partial charge on any atom is -0.370 e. The van der Waals surface area contributed by atoms with Gasteiger partial charge in [-0.3, -0.25) is 39.0 Å². The number of aromatic nitrogens is 4. The summed E-state index contributed by atoms with van der Waals surface area (Å²) in [4.78, 5) is 98.2. The number of carbonyl (C=O) groups excluding carboxylic acids is 6. The molecule has 7 heterocycles. The number of imidazole rings is 1. The molecule has 4 aromatic rings. The highest BCUT2D eigenvalue weighted by Crippen LogP contribution is 2.37. The summed E-state index contributed by atoms with van der Waals surface area (Å²) < 4.78 is 2.07. The fraction of sp³-hybridized carbons (Fsp3) is 0.500. The van der Waals surface area contributed by atoms with Gasteiger partial charge in [0.05, 0.1) is 39.0 Å². The average molecular weight is 925 g/mol. The van der Waals surface area contributed by atoms with Crippen LogP contribution in [0.4, 0.5) is 11.5 Å². The summed E-state index contributed by atoms with van der Waals surface area (Å²) in [7, 11) is 0. The number of likely N-dealkylation sites (tertiary alicyclic amines) is 2. The van der Waals surface area contributed by atoms with Crippen LogP contribution in [0.2, 0.25) is 10.0 Å². The van der Waals surface area contributed by atoms with Gasteiger partial charge < -0.3 is 29.9 Å². The van der Waals surface area contributed by atoms with E-state index in [-0.39, 0.29) is 53.8 Å². The zero-order valence-electron chi connectivity index (χ0n) is 35.9. The number of piperidine rings is 3. The predicted molar refractivity (Wildman–Crippen MR) is 242 cm³/mol. The maximum atomic E-state index is 13.5. The summed E-state index contributed by atoms with van der Waals surface area (Å²) in [6.07, 6.45) is 10.4. The second kappa shape index (κ2) is 18.0. The Bertz CT molecular complexity index is 2540. The van der Waals surface area contributed by atoms with E-state index in [2.05, 4.69) is 40.4 Å². The van der Waals surface area contributed by atoms with Crippen molar-refractivity contribution in [3.05, 3.63) is 75.8 Å². The molecule has 0 unspecified atom stereocenters. The highest BCUT2D eigenvalue weighted by molar-refractivity contribution is 6.39. The van der Waals surface area contributed by atoms with Crippen LogP contribution in [0.15, 0.2) is 49.1 Å². The first-order valence-electron chi connectivity index (χ1n) is 22.8. The molecule has 1 saturated carbocycles. The Kier molecular flexibility index (Phi) is 12.0. The molecule has 0 spiro atoms. The Balaban J connectivity index is 0.623. The lowest BCUT2D eigenvalue weighted by molar-refractivity contribution is -0.138. The SMILES string of the molecule is O=C1CC[C@H](N2C(=O)c3ccc(N4CC(C(=O)N5CCC(CN6CCC(CCNc7ncnc8c7ncn8C7CC(NC(=O)c8c(Cl)cccc8Cl)C7)CC6)CC5)C4)cc3C2=O)C(=O)N1. The van der Waals surface area contributed by atoms with Gasteiger partial charge in [0.1, 0.15) is 17.9 Å². The molecule has 0 bridgehead atoms. The van der Waals surface area contributed by atoms with Gasteiger partial charge in [0.25, 0.3) is 17.7 Å². The Morgan fingerprint density at radius 1 is 0.831 bits per heavy atom. The molecule has 4 saturated heterocycles. The summed E-state index contributed by atoms with van der Waals surface area (Å²) in [6, 6.07) is 9.28. The van der Waals surface area contributed by atoms with E-state index >= 15 is 0 Å². The first kappa shape index (κ1) is 43.3. The second-order valence-corrected chi connectivity index (χ2v) is 19.3. The van der Waals surface area contributed by atoms with Crippen LogP contribution in [0.3, 0.4) is 0 Å². The van der Waals surface area contributed by atoms with E-state index in [4.69, 9.17) is 23.2 Å². The Labute approximate surface area is 385 Å². The molecule has 0 radical (unpaired) electrons. The fourth-order valence-electron chi connectivity index (χ4n) is 10.5. The smallest absolute Gasteiger partial charge is 0.262 e. The van der Waals surface area contributed by atoms with E-state index in [1.807, 2.05) is 16.1 Å². The molecule has 2 aromatic carbocycles. The maximum absolute atomic E-state index is 13.5. The van der Waals surface area contributed by atoms with Gasteiger partial charge in [-0.05, 0) is 107 Å². The van der Waals surface area contributed by atoms with E-state index in [9.17, 15) is 28.8 Å². The van der Waals surface area contributed by atoms with Gasteiger partial charge in [0, 0.05) is 63.5 Å². The number of hydrogen-bond donors (Lipinski definition) is 3. The van der Waals surface area contributed by atoms with Crippen molar-refractivity contribution in [1.29, 1.82) is 0 Å². The third kappa shape index (κ3) is 8.53. The summed E-state index contributed by atoms with van der Waals surface area (Å²) in [5.41, 5.74) is 3.08. The van der Waals surface area contributed by atoms with Crippen molar-refractivity contribution >= 4 is 81.3 Å². The Morgan fingerprint density at radius 3 is 2.29 bits per heavy atom. The first-order valence-corrected chi connectivity index (χ1v) is 23.5. The minimum absolute atomic E-state index is 0.000938. The van der Waals surface area contributed by atoms with Crippen molar-refractivity contribution in [3.8, 4) is 0 Å². The molecular weight excluding hydrogens is 873 g/mol. The van der Waals surface area contributed by atoms with Crippen LogP contribution >= 0.6 is 23.2 Å². The zero-order chi connectivity index (χ0) is 44.9. The van der Waals surface area contributed by atoms with Crippen molar-refractivity contribution in [1.82, 2.24) is 44.9 Å². The molecule has 5 fully saturated rings. The molecule has 10 rings (SSSR count). The number of imide groups is 2. The lowest BCUT2D eigenvalue weighted by Gasteiger charge is -2.44. The molecular formula is C46H51Cl2N11O6. The number of rotatable bonds is 12. The number of nitrogens with zero attached hydrogens (tertiary/aromatic N) is 8. The quantitative estimate of drug-likeness (QED) is 0.168. The lowest BCUT2D eigenvalue weighted by Crippen LogP contribution is -2.56. The lowest BCUT2D eigenvalue weighted by atomic mass is 9.86. The molecule has 6 aliphatic rings. The molecule has 340 valence electrons. The van der Waals surface area contributed by atoms with E-state index in [1.54, 1.807) is 42.7 Å². The topological polar surface area (TPSA) is 195 Å². The van der Waals surface area contributed by atoms with Crippen molar-refractivity contribution < 1.29 is 28.8 Å². The number of nitrogens with one attached hydrogen (secondary N) is 3. The number of benzene rings is 2. The van der Waals surface area contributed by atoms with Gasteiger partial charge in [0.15, 0.2) is 11.5 Å². The summed E-state index contributed by atoms with van der Waals surface area (Å²) >= 11 is 12.5. The van der Waals surface area contributed by atoms with Crippen molar-refractivity contribution in [2.45, 2.75) is 75.9 Å². The largest absolute Gasteiger partial charge is 0.370 e. The van der Waals surface area contributed by atoms with Crippen LogP contribution < -0.4 is 20.9 Å². The standard InChI is InChI=1S/C46H51Cl2N11O6/c47-34-2-1-3-35(48)38(34)43(62)53-29-18-31(19-29)58-25-52-39-40(50-24-51-41(39)58)49-13-8-26-9-14-55(15-10-26)21-27-11-16-56(17-12-27)44(63)28-22-57(23-28)30-4-5-32-33(20-30)46(65)59(45(32)64)36-6-7-37(60)54-42(36)61/h1-5,20,24-29,31,36H,6-19,21-23H2,(H,53,62)(H,49,50,51)(H,54,60,61)/t29?,31?,36-/m0/s1. The van der Waals surface area contributed by atoms with Crippen molar-refractivity contribution in [2.24, 2.45) is 17.8 Å². The van der Waals surface area contributed by atoms with Crippen molar-refractivity contribution in [2.75, 3.05) is 62.6 Å². The first-order chi connectivity index (χ1) is 31.5. The fourth-order valence-corrected chi connectivity index (χ4v) is 11.0. The van der Waals surface area contributed by atoms with Gasteiger partial charge in [0.2, 0.25) is 17.7 Å². The Hall–Kier alpha value is -5.65.